The predicted octanol–water partition coefficient (Wildman–Crippen LogP) is 2.89. The quantitative estimate of drug-likeness (QED) is 0.844. The lowest BCUT2D eigenvalue weighted by atomic mass is 9.68. The third-order valence-electron chi connectivity index (χ3n) is 4.32. The van der Waals surface area contributed by atoms with Crippen molar-refractivity contribution in [2.24, 2.45) is 17.1 Å². The van der Waals surface area contributed by atoms with E-state index in [-0.39, 0.29) is 17.2 Å². The zero-order valence-electron chi connectivity index (χ0n) is 12.9. The Balaban J connectivity index is 1.96. The summed E-state index contributed by atoms with van der Waals surface area (Å²) in [4.78, 5) is 13.6. The van der Waals surface area contributed by atoms with E-state index < -0.39 is 0 Å². The molecule has 0 spiro atoms. The van der Waals surface area contributed by atoms with Crippen LogP contribution in [0.25, 0.3) is 0 Å². The van der Waals surface area contributed by atoms with Gasteiger partial charge in [0.2, 0.25) is 5.91 Å². The molecule has 1 aliphatic carbocycles. The highest BCUT2D eigenvalue weighted by molar-refractivity contribution is 7.10. The lowest BCUT2D eigenvalue weighted by Gasteiger charge is -2.37. The SMILES string of the molecule is CC1(C)CCCCC1C(=O)NCc1sccc1C#CCN. The summed E-state index contributed by atoms with van der Waals surface area (Å²) in [6, 6.07) is 1.99. The summed E-state index contributed by atoms with van der Waals surface area (Å²) in [5.74, 6) is 6.24. The van der Waals surface area contributed by atoms with E-state index in [0.717, 1.165) is 29.7 Å². The van der Waals surface area contributed by atoms with Crippen molar-refractivity contribution >= 4 is 17.2 Å². The monoisotopic (exact) mass is 304 g/mol. The third kappa shape index (κ3) is 4.09. The molecular formula is C17H24N2OS. The highest BCUT2D eigenvalue weighted by atomic mass is 32.1. The molecule has 1 fully saturated rings. The maximum absolute atomic E-state index is 12.5. The first kappa shape index (κ1) is 16.1. The lowest BCUT2D eigenvalue weighted by Crippen LogP contribution is -2.40. The largest absolute Gasteiger partial charge is 0.351 e. The number of amides is 1. The van der Waals surface area contributed by atoms with E-state index in [4.69, 9.17) is 5.73 Å². The van der Waals surface area contributed by atoms with Gasteiger partial charge in [-0.15, -0.1) is 11.3 Å². The second kappa shape index (κ2) is 7.11. The number of carbonyl (C=O) groups excluding carboxylic acids is 1. The van der Waals surface area contributed by atoms with Crippen LogP contribution in [0, 0.1) is 23.2 Å². The van der Waals surface area contributed by atoms with Crippen LogP contribution in [0.5, 0.6) is 0 Å². The van der Waals surface area contributed by atoms with Gasteiger partial charge in [-0.05, 0) is 29.7 Å². The molecule has 0 bridgehead atoms. The zero-order chi connectivity index (χ0) is 15.3. The second-order valence-electron chi connectivity index (χ2n) is 6.27. The molecular weight excluding hydrogens is 280 g/mol. The Bertz CT molecular complexity index is 551. The molecule has 3 nitrogen and oxygen atoms in total. The van der Waals surface area contributed by atoms with Crippen molar-refractivity contribution in [1.82, 2.24) is 5.32 Å². The summed E-state index contributed by atoms with van der Waals surface area (Å²) in [6.07, 6.45) is 4.54. The van der Waals surface area contributed by atoms with E-state index in [2.05, 4.69) is 31.0 Å². The first-order valence-electron chi connectivity index (χ1n) is 7.57. The highest BCUT2D eigenvalue weighted by Crippen LogP contribution is 2.40. The van der Waals surface area contributed by atoms with Crippen LogP contribution < -0.4 is 11.1 Å². The van der Waals surface area contributed by atoms with Gasteiger partial charge in [0.25, 0.3) is 0 Å². The Morgan fingerprint density at radius 2 is 2.33 bits per heavy atom. The molecule has 1 unspecified atom stereocenters. The first-order valence-corrected chi connectivity index (χ1v) is 8.45. The van der Waals surface area contributed by atoms with Crippen LogP contribution >= 0.6 is 11.3 Å². The molecule has 21 heavy (non-hydrogen) atoms. The van der Waals surface area contributed by atoms with E-state index in [0.29, 0.717) is 13.1 Å². The maximum atomic E-state index is 12.5. The van der Waals surface area contributed by atoms with Gasteiger partial charge in [0, 0.05) is 16.4 Å². The van der Waals surface area contributed by atoms with Crippen molar-refractivity contribution < 1.29 is 4.79 Å². The van der Waals surface area contributed by atoms with Crippen LogP contribution in [0.2, 0.25) is 0 Å². The van der Waals surface area contributed by atoms with Crippen molar-refractivity contribution in [3.63, 3.8) is 0 Å². The Morgan fingerprint density at radius 1 is 1.52 bits per heavy atom. The normalized spacial score (nSPS) is 20.4. The lowest BCUT2D eigenvalue weighted by molar-refractivity contribution is -0.130. The van der Waals surface area contributed by atoms with Gasteiger partial charge in [0.05, 0.1) is 13.1 Å². The summed E-state index contributed by atoms with van der Waals surface area (Å²) < 4.78 is 0. The number of hydrogen-bond acceptors (Lipinski definition) is 3. The standard InChI is InChI=1S/C17H24N2OS/c1-17(2)9-4-3-7-14(17)16(20)19-12-15-13(6-5-10-18)8-11-21-15/h8,11,14H,3-4,7,9-10,12,18H2,1-2H3,(H,19,20). The third-order valence-corrected chi connectivity index (χ3v) is 5.24. The molecule has 3 N–H and O–H groups in total. The minimum atomic E-state index is 0.111. The Morgan fingerprint density at radius 3 is 3.05 bits per heavy atom. The molecule has 0 radical (unpaired) electrons. The molecule has 1 atom stereocenters. The average molecular weight is 304 g/mol. The van der Waals surface area contributed by atoms with E-state index in [1.807, 2.05) is 11.4 Å². The van der Waals surface area contributed by atoms with Gasteiger partial charge >= 0.3 is 0 Å². The van der Waals surface area contributed by atoms with Gasteiger partial charge in [0.15, 0.2) is 0 Å². The molecule has 2 rings (SSSR count). The topological polar surface area (TPSA) is 55.1 Å². The average Bonchev–Trinajstić information content (AvgIpc) is 2.89. The van der Waals surface area contributed by atoms with Gasteiger partial charge < -0.3 is 11.1 Å². The van der Waals surface area contributed by atoms with Crippen LogP contribution in [0.15, 0.2) is 11.4 Å². The number of rotatable bonds is 3. The molecule has 0 aromatic carbocycles. The smallest absolute Gasteiger partial charge is 0.223 e. The zero-order valence-corrected chi connectivity index (χ0v) is 13.7. The molecule has 1 aromatic heterocycles. The number of carbonyl (C=O) groups is 1. The van der Waals surface area contributed by atoms with E-state index >= 15 is 0 Å². The van der Waals surface area contributed by atoms with Crippen LogP contribution in [-0.4, -0.2) is 12.5 Å². The first-order chi connectivity index (χ1) is 10.0. The van der Waals surface area contributed by atoms with Crippen LogP contribution in [0.3, 0.4) is 0 Å². The molecule has 1 aliphatic rings. The second-order valence-corrected chi connectivity index (χ2v) is 7.27. The minimum absolute atomic E-state index is 0.111. The molecule has 1 amide bonds. The van der Waals surface area contributed by atoms with Crippen molar-refractivity contribution in [2.75, 3.05) is 6.54 Å². The van der Waals surface area contributed by atoms with E-state index in [1.54, 1.807) is 11.3 Å². The molecule has 1 heterocycles. The van der Waals surface area contributed by atoms with Gasteiger partial charge in [0.1, 0.15) is 0 Å². The molecule has 0 aliphatic heterocycles. The number of hydrogen-bond donors (Lipinski definition) is 2. The van der Waals surface area contributed by atoms with E-state index in [9.17, 15) is 4.79 Å². The van der Waals surface area contributed by atoms with Gasteiger partial charge in [-0.2, -0.15) is 0 Å². The number of nitrogens with two attached hydrogens (primary N) is 1. The fraction of sp³-hybridized carbons (Fsp3) is 0.588. The molecule has 0 saturated heterocycles. The summed E-state index contributed by atoms with van der Waals surface area (Å²) in [5, 5.41) is 5.11. The maximum Gasteiger partial charge on any atom is 0.223 e. The van der Waals surface area contributed by atoms with Crippen molar-refractivity contribution in [3.05, 3.63) is 21.9 Å². The molecule has 4 heteroatoms. The number of thiophene rings is 1. The summed E-state index contributed by atoms with van der Waals surface area (Å²) in [7, 11) is 0. The number of nitrogens with one attached hydrogen (secondary N) is 1. The van der Waals surface area contributed by atoms with Gasteiger partial charge in [-0.3, -0.25) is 4.79 Å². The van der Waals surface area contributed by atoms with Gasteiger partial charge in [-0.25, -0.2) is 0 Å². The summed E-state index contributed by atoms with van der Waals surface area (Å²) in [5.41, 5.74) is 6.50. The highest BCUT2D eigenvalue weighted by Gasteiger charge is 2.36. The molecule has 114 valence electrons. The van der Waals surface area contributed by atoms with Crippen molar-refractivity contribution in [2.45, 2.75) is 46.1 Å². The molecule has 1 saturated carbocycles. The predicted molar refractivity (Wildman–Crippen MR) is 87.8 cm³/mol. The van der Waals surface area contributed by atoms with E-state index in [1.165, 1.54) is 6.42 Å². The minimum Gasteiger partial charge on any atom is -0.351 e. The Kier molecular flexibility index (Phi) is 5.44. The Labute approximate surface area is 131 Å². The van der Waals surface area contributed by atoms with Crippen LogP contribution in [0.1, 0.15) is 50.0 Å². The van der Waals surface area contributed by atoms with Gasteiger partial charge in [-0.1, -0.05) is 38.5 Å². The summed E-state index contributed by atoms with van der Waals surface area (Å²) >= 11 is 1.63. The fourth-order valence-electron chi connectivity index (χ4n) is 3.01. The molecule has 1 aromatic rings. The van der Waals surface area contributed by atoms with Crippen molar-refractivity contribution in [3.8, 4) is 11.8 Å². The summed E-state index contributed by atoms with van der Waals surface area (Å²) in [6.45, 7) is 5.34. The van der Waals surface area contributed by atoms with Crippen molar-refractivity contribution in [1.29, 1.82) is 0 Å². The van der Waals surface area contributed by atoms with Crippen LogP contribution in [-0.2, 0) is 11.3 Å². The Hall–Kier alpha value is -1.31. The fourth-order valence-corrected chi connectivity index (χ4v) is 3.78. The van der Waals surface area contributed by atoms with Crippen LogP contribution in [0.4, 0.5) is 0 Å².